The first kappa shape index (κ1) is 17.7. The first-order chi connectivity index (χ1) is 12.1. The second-order valence-corrected chi connectivity index (χ2v) is 7.20. The van der Waals surface area contributed by atoms with Crippen molar-refractivity contribution in [1.82, 2.24) is 10.3 Å². The SMILES string of the molecule is CC(C)Oc1ccc(NC(=S)NC2(c3ccncc3)CCCC2)cc1. The van der Waals surface area contributed by atoms with E-state index in [1.807, 2.05) is 50.5 Å². The molecule has 0 aliphatic heterocycles. The summed E-state index contributed by atoms with van der Waals surface area (Å²) >= 11 is 5.58. The van der Waals surface area contributed by atoms with E-state index in [0.29, 0.717) is 5.11 Å². The highest BCUT2D eigenvalue weighted by molar-refractivity contribution is 7.80. The lowest BCUT2D eigenvalue weighted by molar-refractivity contribution is 0.242. The summed E-state index contributed by atoms with van der Waals surface area (Å²) in [6.07, 6.45) is 8.45. The van der Waals surface area contributed by atoms with Crippen LogP contribution in [0.1, 0.15) is 45.1 Å². The summed E-state index contributed by atoms with van der Waals surface area (Å²) < 4.78 is 5.67. The molecule has 2 aromatic rings. The predicted octanol–water partition coefficient (Wildman–Crippen LogP) is 4.62. The molecule has 1 aliphatic carbocycles. The van der Waals surface area contributed by atoms with Crippen molar-refractivity contribution < 1.29 is 4.74 Å². The van der Waals surface area contributed by atoms with E-state index in [-0.39, 0.29) is 11.6 Å². The number of hydrogen-bond acceptors (Lipinski definition) is 3. The quantitative estimate of drug-likeness (QED) is 0.766. The van der Waals surface area contributed by atoms with Crippen LogP contribution in [-0.2, 0) is 5.54 Å². The minimum atomic E-state index is -0.0896. The Bertz CT molecular complexity index is 695. The van der Waals surface area contributed by atoms with Crippen LogP contribution in [0.4, 0.5) is 5.69 Å². The monoisotopic (exact) mass is 355 g/mol. The predicted molar refractivity (Wildman–Crippen MR) is 106 cm³/mol. The summed E-state index contributed by atoms with van der Waals surface area (Å²) in [6, 6.07) is 12.1. The number of hydrogen-bond donors (Lipinski definition) is 2. The maximum absolute atomic E-state index is 5.67. The molecule has 0 saturated heterocycles. The van der Waals surface area contributed by atoms with Gasteiger partial charge in [0.2, 0.25) is 0 Å². The van der Waals surface area contributed by atoms with Crippen LogP contribution in [0, 0.1) is 0 Å². The molecular formula is C20H25N3OS. The van der Waals surface area contributed by atoms with Crippen molar-refractivity contribution in [3.8, 4) is 5.75 Å². The van der Waals surface area contributed by atoms with Gasteiger partial charge in [0.1, 0.15) is 5.75 Å². The number of thiocarbonyl (C=S) groups is 1. The van der Waals surface area contributed by atoms with Gasteiger partial charge in [0, 0.05) is 18.1 Å². The first-order valence-corrected chi connectivity index (χ1v) is 9.25. The molecule has 0 unspecified atom stereocenters. The molecule has 1 aliphatic rings. The Morgan fingerprint density at radius 2 is 1.72 bits per heavy atom. The Morgan fingerprint density at radius 1 is 1.08 bits per heavy atom. The van der Waals surface area contributed by atoms with Gasteiger partial charge in [0.25, 0.3) is 0 Å². The van der Waals surface area contributed by atoms with Gasteiger partial charge in [-0.05, 0) is 80.9 Å². The van der Waals surface area contributed by atoms with Crippen molar-refractivity contribution in [2.24, 2.45) is 0 Å². The number of ether oxygens (including phenoxy) is 1. The van der Waals surface area contributed by atoms with Gasteiger partial charge in [0.15, 0.2) is 5.11 Å². The summed E-state index contributed by atoms with van der Waals surface area (Å²) in [4.78, 5) is 4.14. The smallest absolute Gasteiger partial charge is 0.171 e. The number of pyridine rings is 1. The van der Waals surface area contributed by atoms with E-state index in [2.05, 4.69) is 27.8 Å². The summed E-state index contributed by atoms with van der Waals surface area (Å²) in [5, 5.41) is 7.51. The minimum absolute atomic E-state index is 0.0896. The molecule has 2 N–H and O–H groups in total. The van der Waals surface area contributed by atoms with Gasteiger partial charge in [-0.2, -0.15) is 0 Å². The molecule has 1 saturated carbocycles. The van der Waals surface area contributed by atoms with Gasteiger partial charge < -0.3 is 15.4 Å². The Morgan fingerprint density at radius 3 is 2.32 bits per heavy atom. The van der Waals surface area contributed by atoms with Crippen LogP contribution >= 0.6 is 12.2 Å². The Hall–Kier alpha value is -2.14. The zero-order chi connectivity index (χ0) is 17.7. The van der Waals surface area contributed by atoms with Gasteiger partial charge in [-0.15, -0.1) is 0 Å². The van der Waals surface area contributed by atoms with Crippen LogP contribution < -0.4 is 15.4 Å². The molecule has 1 fully saturated rings. The van der Waals surface area contributed by atoms with E-state index < -0.39 is 0 Å². The zero-order valence-corrected chi connectivity index (χ0v) is 15.6. The van der Waals surface area contributed by atoms with Gasteiger partial charge in [-0.1, -0.05) is 12.8 Å². The van der Waals surface area contributed by atoms with Gasteiger partial charge in [-0.3, -0.25) is 4.98 Å². The second kappa shape index (κ2) is 7.83. The molecule has 4 nitrogen and oxygen atoms in total. The molecule has 3 rings (SSSR count). The topological polar surface area (TPSA) is 46.2 Å². The van der Waals surface area contributed by atoms with Crippen LogP contribution in [0.5, 0.6) is 5.75 Å². The fourth-order valence-corrected chi connectivity index (χ4v) is 3.72. The minimum Gasteiger partial charge on any atom is -0.491 e. The molecular weight excluding hydrogens is 330 g/mol. The van der Waals surface area contributed by atoms with Gasteiger partial charge in [0.05, 0.1) is 11.6 Å². The van der Waals surface area contributed by atoms with Crippen molar-refractivity contribution >= 4 is 23.0 Å². The average molecular weight is 356 g/mol. The van der Waals surface area contributed by atoms with E-state index in [1.54, 1.807) is 0 Å². The van der Waals surface area contributed by atoms with Gasteiger partial charge in [-0.25, -0.2) is 0 Å². The standard InChI is InChI=1S/C20H25N3OS/c1-15(2)24-18-7-5-17(6-8-18)22-19(25)23-20(11-3-4-12-20)16-9-13-21-14-10-16/h5-10,13-15H,3-4,11-12H2,1-2H3,(H2,22,23,25). The highest BCUT2D eigenvalue weighted by atomic mass is 32.1. The van der Waals surface area contributed by atoms with Crippen molar-refractivity contribution in [1.29, 1.82) is 0 Å². The fraction of sp³-hybridized carbons (Fsp3) is 0.400. The maximum Gasteiger partial charge on any atom is 0.171 e. The largest absolute Gasteiger partial charge is 0.491 e. The van der Waals surface area contributed by atoms with E-state index in [4.69, 9.17) is 17.0 Å². The summed E-state index contributed by atoms with van der Waals surface area (Å²) in [7, 11) is 0. The second-order valence-electron chi connectivity index (χ2n) is 6.80. The Balaban J connectivity index is 1.66. The molecule has 5 heteroatoms. The van der Waals surface area contributed by atoms with Crippen LogP contribution in [0.2, 0.25) is 0 Å². The highest BCUT2D eigenvalue weighted by Crippen LogP contribution is 2.38. The molecule has 132 valence electrons. The molecule has 25 heavy (non-hydrogen) atoms. The van der Waals surface area contributed by atoms with Crippen molar-refractivity contribution in [3.63, 3.8) is 0 Å². The molecule has 0 spiro atoms. The number of benzene rings is 1. The number of nitrogens with zero attached hydrogens (tertiary/aromatic N) is 1. The first-order valence-electron chi connectivity index (χ1n) is 8.84. The third kappa shape index (κ3) is 4.48. The molecule has 1 aromatic carbocycles. The Kier molecular flexibility index (Phi) is 5.53. The molecule has 0 atom stereocenters. The van der Waals surface area contributed by atoms with E-state index in [0.717, 1.165) is 24.3 Å². The van der Waals surface area contributed by atoms with Crippen molar-refractivity contribution in [3.05, 3.63) is 54.4 Å². The molecule has 0 radical (unpaired) electrons. The number of aromatic nitrogens is 1. The lowest BCUT2D eigenvalue weighted by Gasteiger charge is -2.32. The molecule has 0 amide bonds. The number of nitrogens with one attached hydrogen (secondary N) is 2. The van der Waals surface area contributed by atoms with Gasteiger partial charge >= 0.3 is 0 Å². The lowest BCUT2D eigenvalue weighted by Crippen LogP contribution is -2.45. The van der Waals surface area contributed by atoms with Crippen molar-refractivity contribution in [2.45, 2.75) is 51.2 Å². The zero-order valence-electron chi connectivity index (χ0n) is 14.8. The van der Waals surface area contributed by atoms with Crippen molar-refractivity contribution in [2.75, 3.05) is 5.32 Å². The normalized spacial score (nSPS) is 15.8. The maximum atomic E-state index is 5.67. The van der Waals surface area contributed by atoms with Crippen LogP contribution in [-0.4, -0.2) is 16.2 Å². The van der Waals surface area contributed by atoms with E-state index >= 15 is 0 Å². The van der Waals surface area contributed by atoms with Crippen LogP contribution in [0.15, 0.2) is 48.8 Å². The average Bonchev–Trinajstić information content (AvgIpc) is 3.06. The summed E-state index contributed by atoms with van der Waals surface area (Å²) in [6.45, 7) is 4.04. The number of anilines is 1. The van der Waals surface area contributed by atoms with E-state index in [1.165, 1.54) is 18.4 Å². The summed E-state index contributed by atoms with van der Waals surface area (Å²) in [5.41, 5.74) is 2.12. The third-order valence-electron chi connectivity index (χ3n) is 4.53. The van der Waals surface area contributed by atoms with Crippen LogP contribution in [0.3, 0.4) is 0 Å². The van der Waals surface area contributed by atoms with E-state index in [9.17, 15) is 0 Å². The third-order valence-corrected chi connectivity index (χ3v) is 4.73. The van der Waals surface area contributed by atoms with Crippen LogP contribution in [0.25, 0.3) is 0 Å². The summed E-state index contributed by atoms with van der Waals surface area (Å²) in [5.74, 6) is 0.864. The lowest BCUT2D eigenvalue weighted by atomic mass is 9.89. The Labute approximate surface area is 155 Å². The molecule has 1 heterocycles. The highest BCUT2D eigenvalue weighted by Gasteiger charge is 2.36. The molecule has 1 aromatic heterocycles. The number of rotatable bonds is 5. The molecule has 0 bridgehead atoms. The fourth-order valence-electron chi connectivity index (χ4n) is 3.40.